The minimum atomic E-state index is -0.436. The maximum atomic E-state index is 12.3. The Morgan fingerprint density at radius 1 is 1.14 bits per heavy atom. The fourth-order valence-electron chi connectivity index (χ4n) is 3.07. The molecule has 0 spiro atoms. The topological polar surface area (TPSA) is 46.6 Å². The normalized spacial score (nSPS) is 21.5. The van der Waals surface area contributed by atoms with Gasteiger partial charge >= 0.3 is 5.97 Å². The number of carbonyl (C=O) groups excluding carboxylic acids is 2. The Labute approximate surface area is 132 Å². The predicted octanol–water partition coefficient (Wildman–Crippen LogP) is 3.25. The number of likely N-dealkylation sites (tertiary alicyclic amines) is 1. The van der Waals surface area contributed by atoms with Crippen LogP contribution in [0.15, 0.2) is 18.2 Å². The van der Waals surface area contributed by atoms with Gasteiger partial charge in [-0.05, 0) is 70.2 Å². The zero-order valence-electron chi connectivity index (χ0n) is 13.9. The van der Waals surface area contributed by atoms with Gasteiger partial charge in [-0.25, -0.2) is 4.79 Å². The monoisotopic (exact) mass is 303 g/mol. The largest absolute Gasteiger partial charge is 0.452 e. The van der Waals surface area contributed by atoms with E-state index in [1.54, 1.807) is 12.1 Å². The fraction of sp³-hybridized carbons (Fsp3) is 0.556. The first-order valence-corrected chi connectivity index (χ1v) is 7.95. The molecule has 1 aliphatic rings. The molecular weight excluding hydrogens is 278 g/mol. The number of carbonyl (C=O) groups is 2. The highest BCUT2D eigenvalue weighted by molar-refractivity contribution is 5.91. The zero-order valence-corrected chi connectivity index (χ0v) is 13.9. The maximum absolute atomic E-state index is 12.3. The third-order valence-corrected chi connectivity index (χ3v) is 4.55. The van der Waals surface area contributed by atoms with Gasteiger partial charge in [-0.15, -0.1) is 0 Å². The van der Waals surface area contributed by atoms with Gasteiger partial charge in [-0.2, -0.15) is 0 Å². The van der Waals surface area contributed by atoms with Gasteiger partial charge in [0.1, 0.15) is 0 Å². The molecule has 0 saturated carbocycles. The maximum Gasteiger partial charge on any atom is 0.338 e. The molecule has 0 radical (unpaired) electrons. The molecule has 0 aliphatic carbocycles. The molecule has 2 rings (SSSR count). The highest BCUT2D eigenvalue weighted by Gasteiger charge is 2.29. The first-order chi connectivity index (χ1) is 10.4. The zero-order chi connectivity index (χ0) is 16.3. The number of ether oxygens (including phenoxy) is 1. The number of amides is 1. The lowest BCUT2D eigenvalue weighted by Gasteiger charge is -2.38. The quantitative estimate of drug-likeness (QED) is 0.805. The second-order valence-electron chi connectivity index (χ2n) is 6.31. The molecule has 1 saturated heterocycles. The molecule has 1 aliphatic heterocycles. The number of nitrogens with zero attached hydrogens (tertiary/aromatic N) is 1. The van der Waals surface area contributed by atoms with E-state index in [4.69, 9.17) is 4.74 Å². The average Bonchev–Trinajstić information content (AvgIpc) is 2.47. The van der Waals surface area contributed by atoms with Crippen LogP contribution in [0.4, 0.5) is 0 Å². The van der Waals surface area contributed by atoms with Crippen LogP contribution in [0, 0.1) is 13.8 Å². The van der Waals surface area contributed by atoms with Crippen molar-refractivity contribution < 1.29 is 14.3 Å². The van der Waals surface area contributed by atoms with E-state index in [0.717, 1.165) is 30.4 Å². The summed E-state index contributed by atoms with van der Waals surface area (Å²) in [7, 11) is 0. The molecule has 1 heterocycles. The van der Waals surface area contributed by atoms with Crippen LogP contribution in [0.25, 0.3) is 0 Å². The molecule has 22 heavy (non-hydrogen) atoms. The van der Waals surface area contributed by atoms with Crippen LogP contribution in [0.3, 0.4) is 0 Å². The Kier molecular flexibility index (Phi) is 5.22. The Hall–Kier alpha value is -1.84. The van der Waals surface area contributed by atoms with Crippen LogP contribution in [-0.4, -0.2) is 35.5 Å². The van der Waals surface area contributed by atoms with Gasteiger partial charge in [0.25, 0.3) is 5.91 Å². The van der Waals surface area contributed by atoms with Crippen LogP contribution in [0.5, 0.6) is 0 Å². The van der Waals surface area contributed by atoms with Gasteiger partial charge in [0.2, 0.25) is 0 Å². The van der Waals surface area contributed by atoms with E-state index in [9.17, 15) is 9.59 Å². The van der Waals surface area contributed by atoms with Crippen molar-refractivity contribution in [2.45, 2.75) is 59.0 Å². The van der Waals surface area contributed by atoms with Crippen LogP contribution >= 0.6 is 0 Å². The van der Waals surface area contributed by atoms with Crippen molar-refractivity contribution in [1.29, 1.82) is 0 Å². The molecule has 2 atom stereocenters. The summed E-state index contributed by atoms with van der Waals surface area (Å²) >= 11 is 0. The number of aryl methyl sites for hydroxylation is 2. The molecule has 2 unspecified atom stereocenters. The number of benzene rings is 1. The van der Waals surface area contributed by atoms with Gasteiger partial charge in [0, 0.05) is 12.1 Å². The Morgan fingerprint density at radius 2 is 1.77 bits per heavy atom. The lowest BCUT2D eigenvalue weighted by Crippen LogP contribution is -2.49. The van der Waals surface area contributed by atoms with Crippen LogP contribution in [0.1, 0.15) is 54.6 Å². The summed E-state index contributed by atoms with van der Waals surface area (Å²) in [6.45, 7) is 7.87. The fourth-order valence-corrected chi connectivity index (χ4v) is 3.07. The van der Waals surface area contributed by atoms with Gasteiger partial charge < -0.3 is 9.64 Å². The van der Waals surface area contributed by atoms with E-state index in [2.05, 4.69) is 13.8 Å². The molecule has 1 aromatic carbocycles. The van der Waals surface area contributed by atoms with E-state index in [-0.39, 0.29) is 24.6 Å². The van der Waals surface area contributed by atoms with Crippen LogP contribution in [0.2, 0.25) is 0 Å². The molecule has 1 fully saturated rings. The number of hydrogen-bond acceptors (Lipinski definition) is 3. The van der Waals surface area contributed by atoms with Gasteiger partial charge in [0.15, 0.2) is 6.61 Å². The van der Waals surface area contributed by atoms with Crippen molar-refractivity contribution in [3.63, 3.8) is 0 Å². The summed E-state index contributed by atoms with van der Waals surface area (Å²) in [4.78, 5) is 26.2. The van der Waals surface area contributed by atoms with Gasteiger partial charge in [-0.3, -0.25) is 4.79 Å². The third-order valence-electron chi connectivity index (χ3n) is 4.55. The highest BCUT2D eigenvalue weighted by atomic mass is 16.5. The number of rotatable bonds is 3. The highest BCUT2D eigenvalue weighted by Crippen LogP contribution is 2.22. The number of hydrogen-bond donors (Lipinski definition) is 0. The molecule has 0 aromatic heterocycles. The van der Waals surface area contributed by atoms with E-state index in [1.165, 1.54) is 0 Å². The SMILES string of the molecule is Cc1ccc(C(=O)OCC(=O)N2C(C)CCCC2C)cc1C. The molecule has 4 heteroatoms. The minimum Gasteiger partial charge on any atom is -0.452 e. The Balaban J connectivity index is 1.95. The first-order valence-electron chi connectivity index (χ1n) is 7.95. The number of esters is 1. The van der Waals surface area contributed by atoms with Crippen molar-refractivity contribution >= 4 is 11.9 Å². The lowest BCUT2D eigenvalue weighted by atomic mass is 9.97. The molecular formula is C18H25NO3. The molecule has 1 aromatic rings. The Bertz CT molecular complexity index is 557. The summed E-state index contributed by atoms with van der Waals surface area (Å²) in [6.07, 6.45) is 3.18. The van der Waals surface area contributed by atoms with Crippen LogP contribution < -0.4 is 0 Å². The Morgan fingerprint density at radius 3 is 2.36 bits per heavy atom. The predicted molar refractivity (Wildman–Crippen MR) is 85.8 cm³/mol. The van der Waals surface area contributed by atoms with Crippen LogP contribution in [-0.2, 0) is 9.53 Å². The van der Waals surface area contributed by atoms with Gasteiger partial charge in [-0.1, -0.05) is 6.07 Å². The summed E-state index contributed by atoms with van der Waals surface area (Å²) < 4.78 is 5.20. The first kappa shape index (κ1) is 16.5. The second-order valence-corrected chi connectivity index (χ2v) is 6.31. The van der Waals surface area contributed by atoms with Crippen molar-refractivity contribution in [1.82, 2.24) is 4.90 Å². The van der Waals surface area contributed by atoms with Crippen molar-refractivity contribution in [3.8, 4) is 0 Å². The standard InChI is InChI=1S/C18H25NO3/c1-12-8-9-16(10-13(12)2)18(21)22-11-17(20)19-14(3)6-5-7-15(19)4/h8-10,14-15H,5-7,11H2,1-4H3. The lowest BCUT2D eigenvalue weighted by molar-refractivity contribution is -0.140. The summed E-state index contributed by atoms with van der Waals surface area (Å²) in [5.74, 6) is -0.536. The van der Waals surface area contributed by atoms with E-state index < -0.39 is 5.97 Å². The van der Waals surface area contributed by atoms with E-state index >= 15 is 0 Å². The van der Waals surface area contributed by atoms with E-state index in [1.807, 2.05) is 24.8 Å². The molecule has 120 valence electrons. The summed E-state index contributed by atoms with van der Waals surface area (Å²) in [6, 6.07) is 5.87. The minimum absolute atomic E-state index is 0.100. The van der Waals surface area contributed by atoms with E-state index in [0.29, 0.717) is 5.56 Å². The molecule has 0 bridgehead atoms. The van der Waals surface area contributed by atoms with Crippen molar-refractivity contribution in [3.05, 3.63) is 34.9 Å². The van der Waals surface area contributed by atoms with Crippen molar-refractivity contribution in [2.24, 2.45) is 0 Å². The smallest absolute Gasteiger partial charge is 0.338 e. The molecule has 1 amide bonds. The second kappa shape index (κ2) is 6.95. The number of piperidine rings is 1. The molecule has 0 N–H and O–H groups in total. The molecule has 4 nitrogen and oxygen atoms in total. The summed E-state index contributed by atoms with van der Waals surface area (Å²) in [5, 5.41) is 0. The third kappa shape index (κ3) is 3.67. The van der Waals surface area contributed by atoms with Crippen molar-refractivity contribution in [2.75, 3.05) is 6.61 Å². The van der Waals surface area contributed by atoms with Gasteiger partial charge in [0.05, 0.1) is 5.56 Å². The average molecular weight is 303 g/mol. The summed E-state index contributed by atoms with van der Waals surface area (Å²) in [5.41, 5.74) is 2.67.